The lowest BCUT2D eigenvalue weighted by Gasteiger charge is -2.11. The molecule has 0 aliphatic heterocycles. The van der Waals surface area contributed by atoms with Crippen molar-refractivity contribution < 1.29 is 21.9 Å². The molecule has 0 aliphatic rings. The van der Waals surface area contributed by atoms with Gasteiger partial charge in [-0.1, -0.05) is 6.92 Å². The average Bonchev–Trinajstić information content (AvgIpc) is 2.25. The maximum atomic E-state index is 12.2. The molecular formula is C10H8ClF2NO3S. The van der Waals surface area contributed by atoms with Crippen LogP contribution in [0.5, 0.6) is 5.75 Å². The van der Waals surface area contributed by atoms with Gasteiger partial charge in [-0.3, -0.25) is 0 Å². The van der Waals surface area contributed by atoms with Crippen molar-refractivity contribution in [3.05, 3.63) is 23.3 Å². The van der Waals surface area contributed by atoms with Crippen molar-refractivity contribution in [1.29, 1.82) is 5.26 Å². The van der Waals surface area contributed by atoms with E-state index >= 15 is 0 Å². The van der Waals surface area contributed by atoms with E-state index in [-0.39, 0.29) is 5.56 Å². The number of aryl methyl sites for hydroxylation is 1. The molecule has 1 aromatic rings. The first-order valence-corrected chi connectivity index (χ1v) is 7.07. The Bertz CT molecular complexity index is 596. The highest BCUT2D eigenvalue weighted by atomic mass is 35.7. The van der Waals surface area contributed by atoms with Crippen LogP contribution in [-0.4, -0.2) is 15.0 Å². The average molecular weight is 296 g/mol. The number of halogens is 3. The molecule has 8 heteroatoms. The topological polar surface area (TPSA) is 67.2 Å². The molecule has 0 aromatic heterocycles. The SMILES string of the molecule is CCc1cc(C#N)c(S(=O)(=O)Cl)c(OC(F)F)c1. The third kappa shape index (κ3) is 3.31. The fourth-order valence-corrected chi connectivity index (χ4v) is 2.57. The van der Waals surface area contributed by atoms with Gasteiger partial charge in [0.1, 0.15) is 16.7 Å². The molecule has 0 fully saturated rings. The zero-order chi connectivity index (χ0) is 13.9. The normalized spacial score (nSPS) is 11.3. The first-order valence-electron chi connectivity index (χ1n) is 4.76. The molecule has 0 N–H and O–H groups in total. The number of rotatable bonds is 4. The minimum atomic E-state index is -4.36. The molecule has 0 spiro atoms. The van der Waals surface area contributed by atoms with Crippen molar-refractivity contribution >= 4 is 19.7 Å². The Hall–Kier alpha value is -1.39. The molecular weight excluding hydrogens is 288 g/mol. The van der Waals surface area contributed by atoms with Gasteiger partial charge in [-0.25, -0.2) is 8.42 Å². The lowest BCUT2D eigenvalue weighted by molar-refractivity contribution is -0.0517. The summed E-state index contributed by atoms with van der Waals surface area (Å²) in [6.45, 7) is -1.49. The molecule has 0 heterocycles. The van der Waals surface area contributed by atoms with Gasteiger partial charge in [0.25, 0.3) is 9.05 Å². The van der Waals surface area contributed by atoms with E-state index in [0.29, 0.717) is 12.0 Å². The van der Waals surface area contributed by atoms with Gasteiger partial charge in [0, 0.05) is 10.7 Å². The predicted octanol–water partition coefficient (Wildman–Crippen LogP) is 2.65. The van der Waals surface area contributed by atoms with Gasteiger partial charge in [0.05, 0.1) is 5.56 Å². The molecule has 0 aliphatic carbocycles. The van der Waals surface area contributed by atoms with Crippen molar-refractivity contribution in [2.45, 2.75) is 24.9 Å². The summed E-state index contributed by atoms with van der Waals surface area (Å²) >= 11 is 0. The zero-order valence-corrected chi connectivity index (χ0v) is 10.7. The van der Waals surface area contributed by atoms with Crippen LogP contribution in [0.2, 0.25) is 0 Å². The van der Waals surface area contributed by atoms with Crippen molar-refractivity contribution in [3.63, 3.8) is 0 Å². The molecule has 1 aromatic carbocycles. The number of ether oxygens (including phenoxy) is 1. The summed E-state index contributed by atoms with van der Waals surface area (Å²) in [5, 5.41) is 8.84. The van der Waals surface area contributed by atoms with E-state index in [4.69, 9.17) is 15.9 Å². The maximum Gasteiger partial charge on any atom is 0.387 e. The Morgan fingerprint density at radius 3 is 2.50 bits per heavy atom. The van der Waals surface area contributed by atoms with Gasteiger partial charge in [-0.15, -0.1) is 0 Å². The molecule has 1 rings (SSSR count). The second kappa shape index (κ2) is 5.50. The van der Waals surface area contributed by atoms with Crippen molar-refractivity contribution in [2.24, 2.45) is 0 Å². The summed E-state index contributed by atoms with van der Waals surface area (Å²) in [6, 6.07) is 4.00. The number of benzene rings is 1. The number of nitrogens with zero attached hydrogens (tertiary/aromatic N) is 1. The molecule has 0 saturated heterocycles. The minimum Gasteiger partial charge on any atom is -0.433 e. The summed E-state index contributed by atoms with van der Waals surface area (Å²) in [5.74, 6) is -0.615. The van der Waals surface area contributed by atoms with E-state index in [1.807, 2.05) is 0 Å². The van der Waals surface area contributed by atoms with Crippen molar-refractivity contribution in [3.8, 4) is 11.8 Å². The molecule has 98 valence electrons. The second-order valence-electron chi connectivity index (χ2n) is 3.25. The van der Waals surface area contributed by atoms with Gasteiger partial charge in [0.2, 0.25) is 0 Å². The molecule has 0 bridgehead atoms. The second-order valence-corrected chi connectivity index (χ2v) is 5.76. The molecule has 0 saturated carbocycles. The fourth-order valence-electron chi connectivity index (χ4n) is 1.38. The van der Waals surface area contributed by atoms with Crippen LogP contribution in [0.25, 0.3) is 0 Å². The number of alkyl halides is 2. The Labute approximate surface area is 107 Å². The van der Waals surface area contributed by atoms with Crippen molar-refractivity contribution in [1.82, 2.24) is 0 Å². The lowest BCUT2D eigenvalue weighted by atomic mass is 10.1. The highest BCUT2D eigenvalue weighted by molar-refractivity contribution is 8.13. The van der Waals surface area contributed by atoms with Gasteiger partial charge < -0.3 is 4.74 Å². The molecule has 18 heavy (non-hydrogen) atoms. The predicted molar refractivity (Wildman–Crippen MR) is 60.2 cm³/mol. The quantitative estimate of drug-likeness (QED) is 0.801. The molecule has 0 amide bonds. The van der Waals surface area contributed by atoms with Gasteiger partial charge >= 0.3 is 6.61 Å². The van der Waals surface area contributed by atoms with E-state index in [9.17, 15) is 17.2 Å². The number of hydrogen-bond donors (Lipinski definition) is 0. The Balaban J connectivity index is 3.59. The van der Waals surface area contributed by atoms with E-state index < -0.39 is 26.3 Å². The van der Waals surface area contributed by atoms with Gasteiger partial charge in [-0.05, 0) is 24.1 Å². The standard InChI is InChI=1S/C10H8ClF2NO3S/c1-2-6-3-7(5-14)9(18(11,15)16)8(4-6)17-10(12)13/h3-4,10H,2H2,1H3. The highest BCUT2D eigenvalue weighted by Crippen LogP contribution is 2.33. The summed E-state index contributed by atoms with van der Waals surface area (Å²) in [7, 11) is 0.767. The van der Waals surface area contributed by atoms with Crippen LogP contribution in [0.3, 0.4) is 0 Å². The third-order valence-electron chi connectivity index (χ3n) is 2.10. The summed E-state index contributed by atoms with van der Waals surface area (Å²) < 4.78 is 51.2. The summed E-state index contributed by atoms with van der Waals surface area (Å²) in [6.07, 6.45) is 0.427. The zero-order valence-electron chi connectivity index (χ0n) is 9.15. The first kappa shape index (κ1) is 14.7. The monoisotopic (exact) mass is 295 g/mol. The largest absolute Gasteiger partial charge is 0.433 e. The van der Waals surface area contributed by atoms with Crippen LogP contribution in [0, 0.1) is 11.3 Å². The number of hydrogen-bond acceptors (Lipinski definition) is 4. The van der Waals surface area contributed by atoms with Crippen LogP contribution in [0.1, 0.15) is 18.1 Å². The lowest BCUT2D eigenvalue weighted by Crippen LogP contribution is -2.08. The molecule has 0 atom stereocenters. The number of nitriles is 1. The van der Waals surface area contributed by atoms with E-state index in [0.717, 1.165) is 6.07 Å². The Morgan fingerprint density at radius 2 is 2.11 bits per heavy atom. The van der Waals surface area contributed by atoms with E-state index in [1.54, 1.807) is 13.0 Å². The van der Waals surface area contributed by atoms with Crippen molar-refractivity contribution in [2.75, 3.05) is 0 Å². The first-order chi connectivity index (χ1) is 8.29. The van der Waals surface area contributed by atoms with Crippen LogP contribution in [-0.2, 0) is 15.5 Å². The van der Waals surface area contributed by atoms with Crippen LogP contribution in [0.4, 0.5) is 8.78 Å². The van der Waals surface area contributed by atoms with Crippen LogP contribution < -0.4 is 4.74 Å². The Morgan fingerprint density at radius 1 is 1.50 bits per heavy atom. The van der Waals surface area contributed by atoms with Crippen LogP contribution in [0.15, 0.2) is 17.0 Å². The smallest absolute Gasteiger partial charge is 0.387 e. The third-order valence-corrected chi connectivity index (χ3v) is 3.47. The molecule has 0 radical (unpaired) electrons. The minimum absolute atomic E-state index is 0.319. The molecule has 0 unspecified atom stereocenters. The fraction of sp³-hybridized carbons (Fsp3) is 0.300. The summed E-state index contributed by atoms with van der Waals surface area (Å²) in [5.41, 5.74) is 0.172. The van der Waals surface area contributed by atoms with Crippen LogP contribution >= 0.6 is 10.7 Å². The van der Waals surface area contributed by atoms with Gasteiger partial charge in [-0.2, -0.15) is 14.0 Å². The van der Waals surface area contributed by atoms with E-state index in [2.05, 4.69) is 4.74 Å². The Kier molecular flexibility index (Phi) is 4.48. The molecule has 4 nitrogen and oxygen atoms in total. The van der Waals surface area contributed by atoms with Gasteiger partial charge in [0.15, 0.2) is 0 Å². The highest BCUT2D eigenvalue weighted by Gasteiger charge is 2.24. The summed E-state index contributed by atoms with van der Waals surface area (Å²) in [4.78, 5) is -0.732. The maximum absolute atomic E-state index is 12.2. The van der Waals surface area contributed by atoms with E-state index in [1.165, 1.54) is 6.07 Å².